The van der Waals surface area contributed by atoms with Gasteiger partial charge in [0.25, 0.3) is 0 Å². The molecule has 0 aromatic carbocycles. The number of halogens is 1. The Labute approximate surface area is 459 Å². The van der Waals surface area contributed by atoms with Crippen molar-refractivity contribution in [2.45, 2.75) is 164 Å². The van der Waals surface area contributed by atoms with Gasteiger partial charge in [0, 0.05) is 58.5 Å². The van der Waals surface area contributed by atoms with E-state index in [1.165, 1.54) is 196 Å². The standard InChI is InChI=1S/C29H33NS4.C29H34OS4.CH3F.CH4/c2*1-3-5-7-9-11-21-17-18-31-28(21)26-15-13-24(33-26)25-14-16-27(34-25)29-22(12-10-8-6-4-2)19-23(20-30)32-29;1-2;/h13-19H,3-12H2,1-2H3;13-20H,3-12H2,1-2H3;1H3;1H4/i;;1D;. The third-order valence-electron chi connectivity index (χ3n) is 12.4. The van der Waals surface area contributed by atoms with E-state index in [-0.39, 0.29) is 7.43 Å². The molecule has 0 aliphatic heterocycles. The SMILES string of the molecule is C.CCCCCCc1ccsc1-c1ccc(-c2ccc(-c3sc(C#N)cc3CCCCCC)s2)s1.CCCCCCc1ccsc1-c1ccc(-c2ccc(-c3sc(C=O)cc3CCCCCC)s2)s1.[2H]CF. The number of unbranched alkanes of at least 4 members (excludes halogenated alkanes) is 12. The highest BCUT2D eigenvalue weighted by molar-refractivity contribution is 7.29. The van der Waals surface area contributed by atoms with Gasteiger partial charge in [0.15, 0.2) is 6.29 Å². The van der Waals surface area contributed by atoms with E-state index in [0.717, 1.165) is 28.9 Å². The molecule has 0 spiro atoms. The zero-order chi connectivity index (χ0) is 50.2. The van der Waals surface area contributed by atoms with E-state index in [1.54, 1.807) is 22.7 Å². The van der Waals surface area contributed by atoms with Crippen LogP contribution >= 0.6 is 90.7 Å². The van der Waals surface area contributed by atoms with Crippen molar-refractivity contribution in [1.29, 1.82) is 5.26 Å². The smallest absolute Gasteiger partial charge is 0.160 e. The van der Waals surface area contributed by atoms with Crippen molar-refractivity contribution in [2.75, 3.05) is 7.15 Å². The quantitative estimate of drug-likeness (QED) is 0.0380. The molecular formula is C60H74FNOS8. The van der Waals surface area contributed by atoms with Gasteiger partial charge in [0.05, 0.1) is 13.4 Å². The van der Waals surface area contributed by atoms with E-state index < -0.39 is 7.15 Å². The molecule has 0 saturated carbocycles. The number of nitriles is 1. The summed E-state index contributed by atoms with van der Waals surface area (Å²) < 4.78 is 15.5. The average Bonchev–Trinajstić information content (AvgIpc) is 4.23. The topological polar surface area (TPSA) is 40.9 Å². The Balaban J connectivity index is 0.000000250. The van der Waals surface area contributed by atoms with Gasteiger partial charge >= 0.3 is 0 Å². The van der Waals surface area contributed by atoms with Crippen LogP contribution in [-0.2, 0) is 25.7 Å². The number of alkyl halides is 1. The van der Waals surface area contributed by atoms with Crippen LogP contribution in [0.3, 0.4) is 0 Å². The number of thiophene rings is 8. The minimum Gasteiger partial charge on any atom is -0.297 e. The first-order chi connectivity index (χ1) is 34.9. The lowest BCUT2D eigenvalue weighted by atomic mass is 10.1. The maximum absolute atomic E-state index is 11.5. The molecule has 8 rings (SSSR count). The summed E-state index contributed by atoms with van der Waals surface area (Å²) in [7, 11) is -1.00. The van der Waals surface area contributed by atoms with Gasteiger partial charge in [-0.25, -0.2) is 0 Å². The highest BCUT2D eigenvalue weighted by atomic mass is 32.1. The van der Waals surface area contributed by atoms with Gasteiger partial charge in [-0.05, 0) is 157 Å². The normalized spacial score (nSPS) is 11.1. The van der Waals surface area contributed by atoms with Crippen LogP contribution in [0.1, 0.15) is 176 Å². The van der Waals surface area contributed by atoms with Crippen molar-refractivity contribution >= 4 is 97.0 Å². The summed E-state index contributed by atoms with van der Waals surface area (Å²) in [6.07, 6.45) is 26.0. The molecule has 0 fully saturated rings. The molecule has 8 aromatic heterocycles. The van der Waals surface area contributed by atoms with Crippen molar-refractivity contribution in [3.63, 3.8) is 0 Å². The fourth-order valence-electron chi connectivity index (χ4n) is 8.62. The molecule has 71 heavy (non-hydrogen) atoms. The highest BCUT2D eigenvalue weighted by Gasteiger charge is 2.18. The number of carbonyl (C=O) groups excluding carboxylic acids is 1. The van der Waals surface area contributed by atoms with Crippen molar-refractivity contribution in [3.8, 4) is 64.6 Å². The van der Waals surface area contributed by atoms with Crippen LogP contribution in [0.4, 0.5) is 4.39 Å². The summed E-state index contributed by atoms with van der Waals surface area (Å²) in [5, 5.41) is 14.0. The van der Waals surface area contributed by atoms with Gasteiger partial charge in [-0.1, -0.05) is 112 Å². The Morgan fingerprint density at radius 3 is 1.17 bits per heavy atom. The number of rotatable bonds is 27. The third kappa shape index (κ3) is 16.9. The molecule has 0 radical (unpaired) electrons. The maximum atomic E-state index is 11.5. The van der Waals surface area contributed by atoms with Crippen LogP contribution in [-0.4, -0.2) is 13.4 Å². The van der Waals surface area contributed by atoms with Crippen molar-refractivity contribution in [3.05, 3.63) is 116 Å². The zero-order valence-electron chi connectivity index (χ0n) is 42.5. The minimum absolute atomic E-state index is 0. The number of aldehydes is 1. The molecular weight excluding hydrogens is 1030 g/mol. The lowest BCUT2D eigenvalue weighted by Crippen LogP contribution is -1.85. The molecule has 0 aliphatic rings. The summed E-state index contributed by atoms with van der Waals surface area (Å²) in [6.45, 7) is 9.04. The second-order valence-corrected chi connectivity index (χ2v) is 25.9. The fourth-order valence-corrected chi connectivity index (χ4v) is 17.4. The number of hydrogen-bond donors (Lipinski definition) is 0. The molecule has 0 bridgehead atoms. The summed E-state index contributed by atoms with van der Waals surface area (Å²) in [4.78, 5) is 29.4. The first kappa shape index (κ1) is 57.0. The molecule has 8 aromatic rings. The van der Waals surface area contributed by atoms with E-state index in [4.69, 9.17) is 1.37 Å². The van der Waals surface area contributed by atoms with E-state index in [2.05, 4.69) is 117 Å². The van der Waals surface area contributed by atoms with Crippen LogP contribution in [0.5, 0.6) is 0 Å². The van der Waals surface area contributed by atoms with Crippen LogP contribution in [0.2, 0.25) is 0 Å². The lowest BCUT2D eigenvalue weighted by Gasteiger charge is -2.02. The number of hydrogen-bond acceptors (Lipinski definition) is 10. The molecule has 0 amide bonds. The Bertz CT molecular complexity index is 2800. The summed E-state index contributed by atoms with van der Waals surface area (Å²) in [5.74, 6) is 0. The molecule has 0 saturated heterocycles. The second kappa shape index (κ2) is 32.1. The molecule has 0 aliphatic carbocycles. The maximum Gasteiger partial charge on any atom is 0.160 e. The molecule has 0 atom stereocenters. The average molecular weight is 1100 g/mol. The Morgan fingerprint density at radius 2 is 0.803 bits per heavy atom. The number of nitrogens with zero attached hydrogens (tertiary/aromatic N) is 1. The molecule has 0 N–H and O–H groups in total. The first-order valence-corrected chi connectivity index (χ1v) is 32.0. The fraction of sp³-hybridized carbons (Fsp3) is 0.433. The molecule has 8 heterocycles. The molecule has 2 nitrogen and oxygen atoms in total. The monoisotopic (exact) mass is 1100 g/mol. The third-order valence-corrected chi connectivity index (χ3v) is 21.9. The van der Waals surface area contributed by atoms with Crippen LogP contribution in [0, 0.1) is 11.3 Å². The molecule has 0 unspecified atom stereocenters. The Hall–Kier alpha value is -3.31. The van der Waals surface area contributed by atoms with E-state index in [9.17, 15) is 14.4 Å². The number of carbonyl (C=O) groups is 1. The van der Waals surface area contributed by atoms with Crippen LogP contribution < -0.4 is 0 Å². The van der Waals surface area contributed by atoms with Gasteiger partial charge in [-0.15, -0.1) is 90.7 Å². The predicted molar refractivity (Wildman–Crippen MR) is 324 cm³/mol. The van der Waals surface area contributed by atoms with Crippen molar-refractivity contribution < 1.29 is 10.6 Å². The Morgan fingerprint density at radius 1 is 0.465 bits per heavy atom. The lowest BCUT2D eigenvalue weighted by molar-refractivity contribution is 0.112. The molecule has 11 heteroatoms. The summed E-state index contributed by atoms with van der Waals surface area (Å²) in [6, 6.07) is 29.4. The Kier molecular flexibility index (Phi) is 25.8. The molecule has 380 valence electrons. The summed E-state index contributed by atoms with van der Waals surface area (Å²) in [5.41, 5.74) is 5.71. The van der Waals surface area contributed by atoms with Crippen molar-refractivity contribution in [2.24, 2.45) is 0 Å². The van der Waals surface area contributed by atoms with Crippen molar-refractivity contribution in [1.82, 2.24) is 0 Å². The van der Waals surface area contributed by atoms with Crippen LogP contribution in [0.25, 0.3) is 58.5 Å². The zero-order valence-corrected chi connectivity index (χ0v) is 48.0. The van der Waals surface area contributed by atoms with Gasteiger partial charge < -0.3 is 0 Å². The van der Waals surface area contributed by atoms with E-state index in [1.807, 2.05) is 68.0 Å². The van der Waals surface area contributed by atoms with E-state index in [0.29, 0.717) is 0 Å². The predicted octanol–water partition coefficient (Wildman–Crippen LogP) is 23.3. The first-order valence-electron chi connectivity index (χ1n) is 26.1. The van der Waals surface area contributed by atoms with Gasteiger partial charge in [-0.2, -0.15) is 5.26 Å². The van der Waals surface area contributed by atoms with E-state index >= 15 is 0 Å². The second-order valence-electron chi connectivity index (χ2n) is 17.6. The van der Waals surface area contributed by atoms with Crippen LogP contribution in [0.15, 0.2) is 83.6 Å². The summed E-state index contributed by atoms with van der Waals surface area (Å²) >= 11 is 14.6. The van der Waals surface area contributed by atoms with Gasteiger partial charge in [0.1, 0.15) is 10.9 Å². The number of aryl methyl sites for hydroxylation is 4. The minimum atomic E-state index is -1.00. The highest BCUT2D eigenvalue weighted by Crippen LogP contribution is 2.47. The largest absolute Gasteiger partial charge is 0.297 e. The van der Waals surface area contributed by atoms with Gasteiger partial charge in [0.2, 0.25) is 0 Å². The van der Waals surface area contributed by atoms with Gasteiger partial charge in [-0.3, -0.25) is 9.18 Å².